The standard InChI is InChI=1S/C17H28BrN/c1-4-7-8-14(6-3)17(19-13-5-2)15-9-11-16(18)12-10-15/h9-12,14,17,19H,4-8,13H2,1-3H3. The Morgan fingerprint density at radius 1 is 1.05 bits per heavy atom. The molecule has 2 unspecified atom stereocenters. The van der Waals surface area contributed by atoms with Crippen LogP contribution in [0.5, 0.6) is 0 Å². The predicted molar refractivity (Wildman–Crippen MR) is 88.5 cm³/mol. The average molecular weight is 326 g/mol. The van der Waals surface area contributed by atoms with Crippen molar-refractivity contribution in [1.29, 1.82) is 0 Å². The Morgan fingerprint density at radius 3 is 2.26 bits per heavy atom. The molecule has 0 saturated carbocycles. The Kier molecular flexibility index (Phi) is 8.40. The van der Waals surface area contributed by atoms with E-state index in [0.29, 0.717) is 6.04 Å². The summed E-state index contributed by atoms with van der Waals surface area (Å²) in [5.74, 6) is 0.743. The molecule has 2 heteroatoms. The van der Waals surface area contributed by atoms with Crippen molar-refractivity contribution in [2.45, 2.75) is 58.9 Å². The molecule has 0 fully saturated rings. The number of unbranched alkanes of at least 4 members (excludes halogenated alkanes) is 1. The van der Waals surface area contributed by atoms with Crippen LogP contribution in [0, 0.1) is 5.92 Å². The first kappa shape index (κ1) is 16.7. The van der Waals surface area contributed by atoms with Gasteiger partial charge < -0.3 is 5.32 Å². The summed E-state index contributed by atoms with van der Waals surface area (Å²) in [5, 5.41) is 3.75. The Morgan fingerprint density at radius 2 is 1.74 bits per heavy atom. The zero-order valence-corrected chi connectivity index (χ0v) is 14.2. The molecule has 0 amide bonds. The Bertz CT molecular complexity index is 334. The third-order valence-corrected chi connectivity index (χ3v) is 4.30. The Labute approximate surface area is 127 Å². The van der Waals surface area contributed by atoms with Crippen molar-refractivity contribution < 1.29 is 0 Å². The third-order valence-electron chi connectivity index (χ3n) is 3.77. The van der Waals surface area contributed by atoms with Crippen molar-refractivity contribution in [1.82, 2.24) is 5.32 Å². The summed E-state index contributed by atoms with van der Waals surface area (Å²) < 4.78 is 1.16. The van der Waals surface area contributed by atoms with Gasteiger partial charge in [-0.25, -0.2) is 0 Å². The van der Waals surface area contributed by atoms with Gasteiger partial charge in [0.25, 0.3) is 0 Å². The van der Waals surface area contributed by atoms with Crippen LogP contribution in [0.1, 0.15) is 64.5 Å². The highest BCUT2D eigenvalue weighted by Crippen LogP contribution is 2.29. The average Bonchev–Trinajstić information content (AvgIpc) is 2.44. The maximum atomic E-state index is 3.75. The molecule has 1 nitrogen and oxygen atoms in total. The summed E-state index contributed by atoms with van der Waals surface area (Å²) in [7, 11) is 0. The minimum absolute atomic E-state index is 0.504. The van der Waals surface area contributed by atoms with Crippen molar-refractivity contribution >= 4 is 15.9 Å². The zero-order valence-electron chi connectivity index (χ0n) is 12.6. The van der Waals surface area contributed by atoms with Crippen LogP contribution in [0.2, 0.25) is 0 Å². The van der Waals surface area contributed by atoms with E-state index in [0.717, 1.165) is 16.9 Å². The predicted octanol–water partition coefficient (Wildman–Crippen LogP) is 5.71. The van der Waals surface area contributed by atoms with E-state index < -0.39 is 0 Å². The number of benzene rings is 1. The summed E-state index contributed by atoms with van der Waals surface area (Å²) in [6.07, 6.45) is 6.38. The van der Waals surface area contributed by atoms with E-state index in [1.54, 1.807) is 0 Å². The fourth-order valence-electron chi connectivity index (χ4n) is 2.60. The second-order valence-corrected chi connectivity index (χ2v) is 6.21. The summed E-state index contributed by atoms with van der Waals surface area (Å²) in [4.78, 5) is 0. The Balaban J connectivity index is 2.81. The van der Waals surface area contributed by atoms with Crippen LogP contribution in [-0.2, 0) is 0 Å². The fourth-order valence-corrected chi connectivity index (χ4v) is 2.86. The maximum Gasteiger partial charge on any atom is 0.0348 e. The van der Waals surface area contributed by atoms with Crippen molar-refractivity contribution in [3.05, 3.63) is 34.3 Å². The number of nitrogens with one attached hydrogen (secondary N) is 1. The summed E-state index contributed by atoms with van der Waals surface area (Å²) >= 11 is 3.52. The molecule has 1 rings (SSSR count). The van der Waals surface area contributed by atoms with E-state index in [9.17, 15) is 0 Å². The summed E-state index contributed by atoms with van der Waals surface area (Å²) in [5.41, 5.74) is 1.43. The van der Waals surface area contributed by atoms with E-state index in [1.165, 1.54) is 37.7 Å². The second-order valence-electron chi connectivity index (χ2n) is 5.29. The van der Waals surface area contributed by atoms with E-state index >= 15 is 0 Å². The minimum Gasteiger partial charge on any atom is -0.310 e. The molecule has 0 aromatic heterocycles. The minimum atomic E-state index is 0.504. The highest BCUT2D eigenvalue weighted by atomic mass is 79.9. The van der Waals surface area contributed by atoms with Gasteiger partial charge in [0.1, 0.15) is 0 Å². The third kappa shape index (κ3) is 5.66. The molecule has 0 radical (unpaired) electrons. The second kappa shape index (κ2) is 9.55. The van der Waals surface area contributed by atoms with E-state index in [2.05, 4.69) is 66.3 Å². The number of hydrogen-bond acceptors (Lipinski definition) is 1. The van der Waals surface area contributed by atoms with Crippen LogP contribution in [0.15, 0.2) is 28.7 Å². The van der Waals surface area contributed by atoms with Crippen LogP contribution in [0.25, 0.3) is 0 Å². The topological polar surface area (TPSA) is 12.0 Å². The van der Waals surface area contributed by atoms with Crippen LogP contribution < -0.4 is 5.32 Å². The maximum absolute atomic E-state index is 3.75. The lowest BCUT2D eigenvalue weighted by Gasteiger charge is -2.28. The van der Waals surface area contributed by atoms with E-state index in [1.807, 2.05) is 0 Å². The normalized spacial score (nSPS) is 14.3. The fraction of sp³-hybridized carbons (Fsp3) is 0.647. The molecular formula is C17H28BrN. The molecule has 2 atom stereocenters. The lowest BCUT2D eigenvalue weighted by atomic mass is 9.87. The highest BCUT2D eigenvalue weighted by Gasteiger charge is 2.20. The van der Waals surface area contributed by atoms with Crippen LogP contribution in [0.4, 0.5) is 0 Å². The molecule has 0 spiro atoms. The molecule has 1 N–H and O–H groups in total. The molecule has 108 valence electrons. The van der Waals surface area contributed by atoms with Crippen molar-refractivity contribution in [3.8, 4) is 0 Å². The quantitative estimate of drug-likeness (QED) is 0.613. The summed E-state index contributed by atoms with van der Waals surface area (Å²) in [6, 6.07) is 9.33. The Hall–Kier alpha value is -0.340. The molecular weight excluding hydrogens is 298 g/mol. The first-order valence-corrected chi connectivity index (χ1v) is 8.51. The van der Waals surface area contributed by atoms with Gasteiger partial charge in [0.2, 0.25) is 0 Å². The smallest absolute Gasteiger partial charge is 0.0348 e. The van der Waals surface area contributed by atoms with Gasteiger partial charge in [0.15, 0.2) is 0 Å². The molecule has 0 aliphatic carbocycles. The van der Waals surface area contributed by atoms with Gasteiger partial charge in [-0.1, -0.05) is 68.1 Å². The molecule has 1 aromatic carbocycles. The van der Waals surface area contributed by atoms with Crippen molar-refractivity contribution in [3.63, 3.8) is 0 Å². The summed E-state index contributed by atoms with van der Waals surface area (Å²) in [6.45, 7) is 7.93. The number of rotatable bonds is 9. The van der Waals surface area contributed by atoms with Crippen molar-refractivity contribution in [2.24, 2.45) is 5.92 Å². The lowest BCUT2D eigenvalue weighted by molar-refractivity contribution is 0.323. The van der Waals surface area contributed by atoms with Gasteiger partial charge in [0, 0.05) is 10.5 Å². The largest absolute Gasteiger partial charge is 0.310 e. The zero-order chi connectivity index (χ0) is 14.1. The van der Waals surface area contributed by atoms with Gasteiger partial charge in [-0.3, -0.25) is 0 Å². The van der Waals surface area contributed by atoms with Crippen LogP contribution in [-0.4, -0.2) is 6.54 Å². The van der Waals surface area contributed by atoms with Gasteiger partial charge in [0.05, 0.1) is 0 Å². The molecule has 19 heavy (non-hydrogen) atoms. The van der Waals surface area contributed by atoms with Crippen molar-refractivity contribution in [2.75, 3.05) is 6.54 Å². The number of hydrogen-bond donors (Lipinski definition) is 1. The molecule has 0 bridgehead atoms. The van der Waals surface area contributed by atoms with Crippen LogP contribution in [0.3, 0.4) is 0 Å². The molecule has 0 aliphatic rings. The highest BCUT2D eigenvalue weighted by molar-refractivity contribution is 9.10. The van der Waals surface area contributed by atoms with Crippen LogP contribution >= 0.6 is 15.9 Å². The molecule has 1 aromatic rings. The molecule has 0 saturated heterocycles. The van der Waals surface area contributed by atoms with Gasteiger partial charge in [-0.05, 0) is 43.0 Å². The first-order valence-electron chi connectivity index (χ1n) is 7.71. The lowest BCUT2D eigenvalue weighted by Crippen LogP contribution is -2.29. The SMILES string of the molecule is CCCCC(CC)C(NCCC)c1ccc(Br)cc1. The van der Waals surface area contributed by atoms with Gasteiger partial charge in [-0.15, -0.1) is 0 Å². The number of halogens is 1. The first-order chi connectivity index (χ1) is 9.22. The van der Waals surface area contributed by atoms with E-state index in [4.69, 9.17) is 0 Å². The van der Waals surface area contributed by atoms with Gasteiger partial charge in [-0.2, -0.15) is 0 Å². The molecule has 0 aliphatic heterocycles. The molecule has 0 heterocycles. The monoisotopic (exact) mass is 325 g/mol. The van der Waals surface area contributed by atoms with Gasteiger partial charge >= 0.3 is 0 Å². The van der Waals surface area contributed by atoms with E-state index in [-0.39, 0.29) is 0 Å².